The maximum atomic E-state index is 13.5. The summed E-state index contributed by atoms with van der Waals surface area (Å²) >= 11 is 0. The number of pyridine rings is 1. The van der Waals surface area contributed by atoms with Gasteiger partial charge in [0.2, 0.25) is 0 Å². The molecule has 0 saturated carbocycles. The predicted octanol–water partition coefficient (Wildman–Crippen LogP) is 6.40. The predicted molar refractivity (Wildman–Crippen MR) is 130 cm³/mol. The molecule has 0 unspecified atom stereocenters. The summed E-state index contributed by atoms with van der Waals surface area (Å²) in [5.41, 5.74) is 6.12. The molecule has 1 aliphatic heterocycles. The lowest BCUT2D eigenvalue weighted by atomic mass is 9.93. The molecule has 3 heterocycles. The molecule has 0 atom stereocenters. The monoisotopic (exact) mass is 455 g/mol. The highest BCUT2D eigenvalue weighted by Crippen LogP contribution is 2.37. The van der Waals surface area contributed by atoms with Gasteiger partial charge in [-0.15, -0.1) is 0 Å². The number of hydrogen-bond acceptors (Lipinski definition) is 3. The molecule has 1 N–H and O–H groups in total. The van der Waals surface area contributed by atoms with Crippen molar-refractivity contribution in [3.05, 3.63) is 102 Å². The van der Waals surface area contributed by atoms with Crippen molar-refractivity contribution in [2.45, 2.75) is 25.4 Å². The van der Waals surface area contributed by atoms with Crippen LogP contribution in [0.2, 0.25) is 0 Å². The summed E-state index contributed by atoms with van der Waals surface area (Å²) < 4.78 is 19.0. The summed E-state index contributed by atoms with van der Waals surface area (Å²) in [5, 5.41) is 0. The van der Waals surface area contributed by atoms with Crippen LogP contribution in [0.25, 0.3) is 22.4 Å². The van der Waals surface area contributed by atoms with Crippen LogP contribution in [0.4, 0.5) is 9.18 Å². The first kappa shape index (κ1) is 21.9. The van der Waals surface area contributed by atoms with Crippen molar-refractivity contribution in [1.82, 2.24) is 14.9 Å². The number of rotatable bonds is 5. The van der Waals surface area contributed by atoms with Crippen molar-refractivity contribution in [2.75, 3.05) is 13.1 Å². The summed E-state index contributed by atoms with van der Waals surface area (Å²) in [7, 11) is 0. The molecule has 4 aromatic rings. The summed E-state index contributed by atoms with van der Waals surface area (Å²) in [6, 6.07) is 22.4. The fourth-order valence-corrected chi connectivity index (χ4v) is 4.48. The van der Waals surface area contributed by atoms with Gasteiger partial charge in [0.05, 0.1) is 5.69 Å². The number of halogens is 1. The van der Waals surface area contributed by atoms with Gasteiger partial charge in [-0.2, -0.15) is 0 Å². The second kappa shape index (κ2) is 9.91. The van der Waals surface area contributed by atoms with E-state index in [2.05, 4.69) is 16.0 Å². The van der Waals surface area contributed by atoms with Crippen LogP contribution in [0.3, 0.4) is 0 Å². The van der Waals surface area contributed by atoms with Gasteiger partial charge in [-0.3, -0.25) is 4.98 Å². The van der Waals surface area contributed by atoms with E-state index in [0.29, 0.717) is 19.0 Å². The highest BCUT2D eigenvalue weighted by molar-refractivity contribution is 5.82. The van der Waals surface area contributed by atoms with Crippen molar-refractivity contribution < 1.29 is 13.9 Å². The molecule has 172 valence electrons. The van der Waals surface area contributed by atoms with E-state index in [-0.39, 0.29) is 18.5 Å². The van der Waals surface area contributed by atoms with Gasteiger partial charge in [0.25, 0.3) is 0 Å². The van der Waals surface area contributed by atoms with E-state index >= 15 is 0 Å². The van der Waals surface area contributed by atoms with Crippen molar-refractivity contribution in [3.63, 3.8) is 0 Å². The van der Waals surface area contributed by atoms with Crippen LogP contribution < -0.4 is 0 Å². The number of nitrogens with one attached hydrogen (secondary N) is 1. The van der Waals surface area contributed by atoms with Crippen LogP contribution in [0.5, 0.6) is 0 Å². The Balaban J connectivity index is 1.30. The number of aromatic nitrogens is 2. The third kappa shape index (κ3) is 4.86. The molecule has 1 amide bonds. The largest absolute Gasteiger partial charge is 0.445 e. The number of amides is 1. The maximum absolute atomic E-state index is 13.5. The lowest BCUT2D eigenvalue weighted by Gasteiger charge is -2.31. The Morgan fingerprint density at radius 2 is 1.68 bits per heavy atom. The Hall–Kier alpha value is -3.93. The lowest BCUT2D eigenvalue weighted by Crippen LogP contribution is -2.38. The van der Waals surface area contributed by atoms with E-state index in [1.165, 1.54) is 12.1 Å². The number of nitrogens with zero attached hydrogens (tertiary/aromatic N) is 2. The Morgan fingerprint density at radius 1 is 0.971 bits per heavy atom. The molecule has 2 aromatic carbocycles. The van der Waals surface area contributed by atoms with E-state index in [0.717, 1.165) is 46.5 Å². The minimum Gasteiger partial charge on any atom is -0.445 e. The molecular formula is C28H26FN3O2. The summed E-state index contributed by atoms with van der Waals surface area (Å²) in [4.78, 5) is 22.1. The van der Waals surface area contributed by atoms with Crippen molar-refractivity contribution in [3.8, 4) is 22.4 Å². The van der Waals surface area contributed by atoms with Gasteiger partial charge >= 0.3 is 6.09 Å². The Morgan fingerprint density at radius 3 is 2.38 bits per heavy atom. The fraction of sp³-hybridized carbons (Fsp3) is 0.214. The van der Waals surface area contributed by atoms with Gasteiger partial charge in [-0.25, -0.2) is 9.18 Å². The Kier molecular flexibility index (Phi) is 6.38. The molecule has 5 nitrogen and oxygen atoms in total. The number of piperidine rings is 1. The SMILES string of the molecule is O=C(OCc1ccccc1)N1CCC(c2cc(-c3ccc(F)cc3)c(-c3ccncc3)[nH]2)CC1. The second-order valence-electron chi connectivity index (χ2n) is 8.56. The normalized spacial score (nSPS) is 14.2. The molecule has 5 rings (SSSR count). The Labute approximate surface area is 198 Å². The molecule has 1 saturated heterocycles. The van der Waals surface area contributed by atoms with Gasteiger partial charge in [0, 0.05) is 48.2 Å². The number of carbonyl (C=O) groups is 1. The molecule has 0 bridgehead atoms. The minimum atomic E-state index is -0.265. The van der Waals surface area contributed by atoms with E-state index < -0.39 is 0 Å². The quantitative estimate of drug-likeness (QED) is 0.379. The highest BCUT2D eigenvalue weighted by Gasteiger charge is 2.27. The van der Waals surface area contributed by atoms with Gasteiger partial charge in [-0.05, 0) is 54.3 Å². The zero-order chi connectivity index (χ0) is 23.3. The highest BCUT2D eigenvalue weighted by atomic mass is 19.1. The average molecular weight is 456 g/mol. The minimum absolute atomic E-state index is 0.253. The van der Waals surface area contributed by atoms with Crippen molar-refractivity contribution >= 4 is 6.09 Å². The van der Waals surface area contributed by atoms with Gasteiger partial charge in [0.1, 0.15) is 12.4 Å². The van der Waals surface area contributed by atoms with Gasteiger partial charge in [-0.1, -0.05) is 42.5 Å². The van der Waals surface area contributed by atoms with Gasteiger partial charge < -0.3 is 14.6 Å². The second-order valence-corrected chi connectivity index (χ2v) is 8.56. The van der Waals surface area contributed by atoms with Crippen molar-refractivity contribution in [1.29, 1.82) is 0 Å². The van der Waals surface area contributed by atoms with Crippen LogP contribution in [-0.4, -0.2) is 34.1 Å². The zero-order valence-electron chi connectivity index (χ0n) is 18.8. The number of benzene rings is 2. The van der Waals surface area contributed by atoms with Crippen LogP contribution in [0.1, 0.15) is 30.0 Å². The topological polar surface area (TPSA) is 58.2 Å². The molecule has 0 aliphatic carbocycles. The smallest absolute Gasteiger partial charge is 0.410 e. The van der Waals surface area contributed by atoms with Crippen LogP contribution in [0.15, 0.2) is 85.2 Å². The number of H-pyrrole nitrogens is 1. The standard InChI is InChI=1S/C28H26FN3O2/c29-24-8-6-21(7-9-24)25-18-26(31-27(25)23-10-14-30-15-11-23)22-12-16-32(17-13-22)28(33)34-19-20-4-2-1-3-5-20/h1-11,14-15,18,22,31H,12-13,16-17,19H2. The summed E-state index contributed by atoms with van der Waals surface area (Å²) in [5.74, 6) is 0.0458. The van der Waals surface area contributed by atoms with Crippen LogP contribution in [-0.2, 0) is 11.3 Å². The number of ether oxygens (including phenoxy) is 1. The van der Waals surface area contributed by atoms with Crippen molar-refractivity contribution in [2.24, 2.45) is 0 Å². The molecule has 0 spiro atoms. The Bertz CT molecular complexity index is 1230. The third-order valence-electron chi connectivity index (χ3n) is 6.36. The van der Waals surface area contributed by atoms with E-state index in [4.69, 9.17) is 4.74 Å². The molecule has 34 heavy (non-hydrogen) atoms. The average Bonchev–Trinajstić information content (AvgIpc) is 3.34. The number of hydrogen-bond donors (Lipinski definition) is 1. The number of likely N-dealkylation sites (tertiary alicyclic amines) is 1. The number of carbonyl (C=O) groups excluding carboxylic acids is 1. The number of aromatic amines is 1. The first-order valence-corrected chi connectivity index (χ1v) is 11.5. The first-order chi connectivity index (χ1) is 16.7. The zero-order valence-corrected chi connectivity index (χ0v) is 18.8. The fourth-order valence-electron chi connectivity index (χ4n) is 4.48. The van der Waals surface area contributed by atoms with Crippen LogP contribution in [0, 0.1) is 5.82 Å². The molecular weight excluding hydrogens is 429 g/mol. The lowest BCUT2D eigenvalue weighted by molar-refractivity contribution is 0.0868. The molecule has 1 fully saturated rings. The molecule has 1 aliphatic rings. The molecule has 2 aromatic heterocycles. The molecule has 6 heteroatoms. The van der Waals surface area contributed by atoms with Gasteiger partial charge in [0.15, 0.2) is 0 Å². The molecule has 0 radical (unpaired) electrons. The van der Waals surface area contributed by atoms with E-state index in [9.17, 15) is 9.18 Å². The van der Waals surface area contributed by atoms with E-state index in [1.54, 1.807) is 29.4 Å². The summed E-state index contributed by atoms with van der Waals surface area (Å²) in [6.45, 7) is 1.58. The van der Waals surface area contributed by atoms with Crippen LogP contribution >= 0.6 is 0 Å². The summed E-state index contributed by atoms with van der Waals surface area (Å²) in [6.07, 6.45) is 4.96. The maximum Gasteiger partial charge on any atom is 0.410 e. The third-order valence-corrected chi connectivity index (χ3v) is 6.36. The van der Waals surface area contributed by atoms with E-state index in [1.807, 2.05) is 42.5 Å². The first-order valence-electron chi connectivity index (χ1n) is 11.5.